The number of benzene rings is 1. The first-order chi connectivity index (χ1) is 10.1. The number of ether oxygens (including phenoxy) is 2. The first-order valence-electron chi connectivity index (χ1n) is 6.54. The molecular weight excluding hydrogens is 272 g/mol. The molecule has 0 amide bonds. The molecule has 0 aliphatic rings. The normalized spacial score (nSPS) is 10.6. The van der Waals surface area contributed by atoms with E-state index in [0.29, 0.717) is 24.5 Å². The standard InChI is InChI=1S/C15H18N2O4/c1-20-6-5-17-10-13(9-16-17)11-3-4-14(21-2)12(7-11)8-15(18)19/h3-4,7,9-10H,5-6,8H2,1-2H3,(H,18,19). The zero-order valence-corrected chi connectivity index (χ0v) is 12.1. The summed E-state index contributed by atoms with van der Waals surface area (Å²) in [5.41, 5.74) is 2.49. The largest absolute Gasteiger partial charge is 0.496 e. The Kier molecular flexibility index (Phi) is 4.94. The van der Waals surface area contributed by atoms with Crippen LogP contribution in [0.5, 0.6) is 5.75 Å². The molecule has 0 unspecified atom stereocenters. The van der Waals surface area contributed by atoms with Crippen LogP contribution in [0.15, 0.2) is 30.6 Å². The van der Waals surface area contributed by atoms with Gasteiger partial charge in [-0.2, -0.15) is 5.10 Å². The summed E-state index contributed by atoms with van der Waals surface area (Å²) in [4.78, 5) is 10.9. The van der Waals surface area contributed by atoms with Crippen LogP contribution < -0.4 is 4.74 Å². The molecule has 112 valence electrons. The number of methoxy groups -OCH3 is 2. The van der Waals surface area contributed by atoms with Gasteiger partial charge in [-0.25, -0.2) is 0 Å². The Hall–Kier alpha value is -2.34. The van der Waals surface area contributed by atoms with Crippen LogP contribution in [0.25, 0.3) is 11.1 Å². The molecule has 0 saturated carbocycles. The third kappa shape index (κ3) is 3.82. The van der Waals surface area contributed by atoms with Gasteiger partial charge in [-0.05, 0) is 17.7 Å². The van der Waals surface area contributed by atoms with Crippen molar-refractivity contribution < 1.29 is 19.4 Å². The van der Waals surface area contributed by atoms with Crippen LogP contribution in [0, 0.1) is 0 Å². The molecule has 6 heteroatoms. The molecule has 0 spiro atoms. The van der Waals surface area contributed by atoms with Crippen molar-refractivity contribution in [2.45, 2.75) is 13.0 Å². The second kappa shape index (κ2) is 6.90. The van der Waals surface area contributed by atoms with Crippen molar-refractivity contribution in [2.75, 3.05) is 20.8 Å². The van der Waals surface area contributed by atoms with Crippen molar-refractivity contribution in [3.8, 4) is 16.9 Å². The number of rotatable bonds is 7. The number of aliphatic carboxylic acids is 1. The Bertz CT molecular complexity index is 622. The lowest BCUT2D eigenvalue weighted by Gasteiger charge is -2.08. The predicted octanol–water partition coefficient (Wildman–Crippen LogP) is 1.83. The van der Waals surface area contributed by atoms with Crippen molar-refractivity contribution in [3.05, 3.63) is 36.2 Å². The summed E-state index contributed by atoms with van der Waals surface area (Å²) in [5.74, 6) is -0.311. The average Bonchev–Trinajstić information content (AvgIpc) is 2.93. The zero-order valence-electron chi connectivity index (χ0n) is 12.1. The Morgan fingerprint density at radius 3 is 2.81 bits per heavy atom. The number of carbonyl (C=O) groups is 1. The van der Waals surface area contributed by atoms with Crippen molar-refractivity contribution in [3.63, 3.8) is 0 Å². The van der Waals surface area contributed by atoms with Gasteiger partial charge in [0.2, 0.25) is 0 Å². The molecule has 1 heterocycles. The second-order valence-electron chi connectivity index (χ2n) is 4.58. The molecule has 0 saturated heterocycles. The first kappa shape index (κ1) is 15.1. The van der Waals surface area contributed by atoms with E-state index in [9.17, 15) is 4.79 Å². The minimum Gasteiger partial charge on any atom is -0.496 e. The van der Waals surface area contributed by atoms with Crippen LogP contribution in [-0.4, -0.2) is 41.7 Å². The van der Waals surface area contributed by atoms with E-state index in [0.717, 1.165) is 11.1 Å². The van der Waals surface area contributed by atoms with E-state index in [-0.39, 0.29) is 6.42 Å². The maximum Gasteiger partial charge on any atom is 0.307 e. The van der Waals surface area contributed by atoms with E-state index in [1.54, 1.807) is 24.1 Å². The zero-order chi connectivity index (χ0) is 15.2. The predicted molar refractivity (Wildman–Crippen MR) is 77.4 cm³/mol. The third-order valence-corrected chi connectivity index (χ3v) is 3.11. The van der Waals surface area contributed by atoms with E-state index in [1.807, 2.05) is 18.3 Å². The van der Waals surface area contributed by atoms with Crippen LogP contribution in [0.2, 0.25) is 0 Å². The van der Waals surface area contributed by atoms with E-state index in [2.05, 4.69) is 5.10 Å². The lowest BCUT2D eigenvalue weighted by molar-refractivity contribution is -0.136. The minimum atomic E-state index is -0.888. The second-order valence-corrected chi connectivity index (χ2v) is 4.58. The van der Waals surface area contributed by atoms with Gasteiger partial charge in [0.1, 0.15) is 5.75 Å². The minimum absolute atomic E-state index is 0.0746. The van der Waals surface area contributed by atoms with Crippen LogP contribution >= 0.6 is 0 Å². The van der Waals surface area contributed by atoms with Gasteiger partial charge >= 0.3 is 5.97 Å². The molecule has 0 radical (unpaired) electrons. The van der Waals surface area contributed by atoms with E-state index in [1.165, 1.54) is 7.11 Å². The highest BCUT2D eigenvalue weighted by Crippen LogP contribution is 2.26. The number of carboxylic acids is 1. The van der Waals surface area contributed by atoms with E-state index < -0.39 is 5.97 Å². The Morgan fingerprint density at radius 2 is 2.14 bits per heavy atom. The maximum atomic E-state index is 10.9. The fourth-order valence-electron chi connectivity index (χ4n) is 2.08. The van der Waals surface area contributed by atoms with Crippen molar-refractivity contribution in [2.24, 2.45) is 0 Å². The number of hydrogen-bond donors (Lipinski definition) is 1. The maximum absolute atomic E-state index is 10.9. The molecule has 21 heavy (non-hydrogen) atoms. The van der Waals surface area contributed by atoms with Crippen LogP contribution in [0.4, 0.5) is 0 Å². The topological polar surface area (TPSA) is 73.6 Å². The van der Waals surface area contributed by atoms with Gasteiger partial charge in [0.25, 0.3) is 0 Å². The molecule has 0 atom stereocenters. The monoisotopic (exact) mass is 290 g/mol. The van der Waals surface area contributed by atoms with Gasteiger partial charge in [-0.15, -0.1) is 0 Å². The molecule has 2 rings (SSSR count). The molecule has 0 fully saturated rings. The Labute approximate surface area is 122 Å². The molecule has 0 aliphatic carbocycles. The summed E-state index contributed by atoms with van der Waals surface area (Å²) >= 11 is 0. The Balaban J connectivity index is 2.26. The smallest absolute Gasteiger partial charge is 0.307 e. The van der Waals surface area contributed by atoms with Crippen molar-refractivity contribution in [1.29, 1.82) is 0 Å². The summed E-state index contributed by atoms with van der Waals surface area (Å²) in [6, 6.07) is 5.49. The SMILES string of the molecule is COCCn1cc(-c2ccc(OC)c(CC(=O)O)c2)cn1. The van der Waals surface area contributed by atoms with Gasteiger partial charge in [0, 0.05) is 24.4 Å². The summed E-state index contributed by atoms with van der Waals surface area (Å²) in [7, 11) is 3.18. The summed E-state index contributed by atoms with van der Waals surface area (Å²) < 4.78 is 12.0. The number of aromatic nitrogens is 2. The highest BCUT2D eigenvalue weighted by atomic mass is 16.5. The third-order valence-electron chi connectivity index (χ3n) is 3.11. The molecule has 6 nitrogen and oxygen atoms in total. The number of hydrogen-bond acceptors (Lipinski definition) is 4. The van der Waals surface area contributed by atoms with Crippen molar-refractivity contribution in [1.82, 2.24) is 9.78 Å². The highest BCUT2D eigenvalue weighted by Gasteiger charge is 2.10. The number of carboxylic acid groups (broad SMARTS) is 1. The average molecular weight is 290 g/mol. The summed E-state index contributed by atoms with van der Waals surface area (Å²) in [6.07, 6.45) is 3.59. The van der Waals surface area contributed by atoms with Crippen LogP contribution in [-0.2, 0) is 22.5 Å². The molecule has 1 aromatic carbocycles. The van der Waals surface area contributed by atoms with Crippen LogP contribution in [0.3, 0.4) is 0 Å². The van der Waals surface area contributed by atoms with Crippen LogP contribution in [0.1, 0.15) is 5.56 Å². The molecule has 0 bridgehead atoms. The Morgan fingerprint density at radius 1 is 1.33 bits per heavy atom. The van der Waals surface area contributed by atoms with E-state index >= 15 is 0 Å². The molecular formula is C15H18N2O4. The molecule has 1 aromatic heterocycles. The first-order valence-corrected chi connectivity index (χ1v) is 6.54. The van der Waals surface area contributed by atoms with E-state index in [4.69, 9.17) is 14.6 Å². The lowest BCUT2D eigenvalue weighted by Crippen LogP contribution is -2.04. The van der Waals surface area contributed by atoms with Crippen molar-refractivity contribution >= 4 is 5.97 Å². The summed E-state index contributed by atoms with van der Waals surface area (Å²) in [6.45, 7) is 1.27. The molecule has 1 N–H and O–H groups in total. The lowest BCUT2D eigenvalue weighted by atomic mass is 10.0. The van der Waals surface area contributed by atoms with Gasteiger partial charge in [0.15, 0.2) is 0 Å². The fourth-order valence-corrected chi connectivity index (χ4v) is 2.08. The highest BCUT2D eigenvalue weighted by molar-refractivity contribution is 5.73. The summed E-state index contributed by atoms with van der Waals surface area (Å²) in [5, 5.41) is 13.2. The molecule has 0 aliphatic heterocycles. The van der Waals surface area contributed by atoms with Gasteiger partial charge in [-0.1, -0.05) is 6.07 Å². The van der Waals surface area contributed by atoms with Gasteiger partial charge in [-0.3, -0.25) is 9.48 Å². The van der Waals surface area contributed by atoms with Gasteiger partial charge < -0.3 is 14.6 Å². The fraction of sp³-hybridized carbons (Fsp3) is 0.333. The molecule has 2 aromatic rings. The quantitative estimate of drug-likeness (QED) is 0.842. The number of nitrogens with zero attached hydrogens (tertiary/aromatic N) is 2. The van der Waals surface area contributed by atoms with Gasteiger partial charge in [0.05, 0.1) is 32.9 Å².